The van der Waals surface area contributed by atoms with E-state index in [0.29, 0.717) is 11.5 Å². The highest BCUT2D eigenvalue weighted by molar-refractivity contribution is 7.09. The number of aryl methyl sites for hydroxylation is 1. The van der Waals surface area contributed by atoms with Gasteiger partial charge in [-0.25, -0.2) is 15.0 Å². The summed E-state index contributed by atoms with van der Waals surface area (Å²) in [5, 5.41) is 3.23. The van der Waals surface area contributed by atoms with Crippen molar-refractivity contribution in [1.82, 2.24) is 24.8 Å². The van der Waals surface area contributed by atoms with E-state index in [1.807, 2.05) is 11.8 Å². The summed E-state index contributed by atoms with van der Waals surface area (Å²) in [4.78, 5) is 30.3. The molecule has 0 spiro atoms. The maximum Gasteiger partial charge on any atom is 0.257 e. The summed E-state index contributed by atoms with van der Waals surface area (Å²) in [6.07, 6.45) is 6.73. The van der Waals surface area contributed by atoms with Gasteiger partial charge in [-0.3, -0.25) is 9.69 Å². The van der Waals surface area contributed by atoms with Crippen LogP contribution in [0, 0.1) is 6.92 Å². The Morgan fingerprint density at radius 2 is 2.00 bits per heavy atom. The summed E-state index contributed by atoms with van der Waals surface area (Å²) in [6.45, 7) is 6.31. The van der Waals surface area contributed by atoms with E-state index in [1.54, 1.807) is 23.7 Å². The molecule has 1 saturated carbocycles. The maximum atomic E-state index is 12.7. The van der Waals surface area contributed by atoms with Gasteiger partial charge in [-0.05, 0) is 26.2 Å². The van der Waals surface area contributed by atoms with Crippen molar-refractivity contribution in [1.29, 1.82) is 0 Å². The van der Waals surface area contributed by atoms with Gasteiger partial charge in [0.15, 0.2) is 0 Å². The summed E-state index contributed by atoms with van der Waals surface area (Å²) in [5.41, 5.74) is 1.74. The second kappa shape index (κ2) is 7.17. The van der Waals surface area contributed by atoms with Gasteiger partial charge >= 0.3 is 0 Å². The lowest BCUT2D eigenvalue weighted by molar-refractivity contribution is 0.0760. The molecule has 3 heterocycles. The van der Waals surface area contributed by atoms with Gasteiger partial charge in [0, 0.05) is 56.4 Å². The van der Waals surface area contributed by atoms with Crippen LogP contribution in [0.15, 0.2) is 17.8 Å². The molecule has 132 valence electrons. The lowest BCUT2D eigenvalue weighted by Crippen LogP contribution is -2.35. The first-order valence-electron chi connectivity index (χ1n) is 8.93. The number of nitrogens with zero attached hydrogens (tertiary/aromatic N) is 5. The molecule has 0 atom stereocenters. The highest BCUT2D eigenvalue weighted by Gasteiger charge is 2.27. The van der Waals surface area contributed by atoms with Gasteiger partial charge in [-0.15, -0.1) is 11.3 Å². The Bertz CT molecular complexity index is 740. The van der Waals surface area contributed by atoms with Gasteiger partial charge < -0.3 is 4.90 Å². The number of hydrogen-bond acceptors (Lipinski definition) is 6. The second-order valence-corrected chi connectivity index (χ2v) is 7.95. The Morgan fingerprint density at radius 3 is 2.68 bits per heavy atom. The number of carbonyl (C=O) groups excluding carboxylic acids is 1. The number of hydrogen-bond donors (Lipinski definition) is 0. The molecule has 1 saturated heterocycles. The third-order valence-electron chi connectivity index (χ3n) is 4.79. The van der Waals surface area contributed by atoms with E-state index in [-0.39, 0.29) is 5.91 Å². The van der Waals surface area contributed by atoms with Crippen LogP contribution in [0.1, 0.15) is 52.1 Å². The van der Waals surface area contributed by atoms with E-state index in [4.69, 9.17) is 0 Å². The van der Waals surface area contributed by atoms with Crippen LogP contribution in [0.4, 0.5) is 0 Å². The zero-order valence-electron chi connectivity index (χ0n) is 14.5. The topological polar surface area (TPSA) is 62.2 Å². The molecule has 4 rings (SSSR count). The molecule has 1 aliphatic heterocycles. The zero-order chi connectivity index (χ0) is 17.2. The molecule has 0 bridgehead atoms. The number of amides is 1. The van der Waals surface area contributed by atoms with Crippen molar-refractivity contribution in [2.24, 2.45) is 0 Å². The van der Waals surface area contributed by atoms with Crippen LogP contribution < -0.4 is 0 Å². The second-order valence-electron chi connectivity index (χ2n) is 6.88. The molecule has 2 aromatic rings. The van der Waals surface area contributed by atoms with Crippen LogP contribution in [0.5, 0.6) is 0 Å². The lowest BCUT2D eigenvalue weighted by Gasteiger charge is -2.21. The smallest absolute Gasteiger partial charge is 0.257 e. The van der Waals surface area contributed by atoms with Crippen molar-refractivity contribution in [3.63, 3.8) is 0 Å². The Morgan fingerprint density at radius 1 is 1.20 bits per heavy atom. The fourth-order valence-electron chi connectivity index (χ4n) is 3.23. The summed E-state index contributed by atoms with van der Waals surface area (Å²) in [7, 11) is 0. The van der Waals surface area contributed by atoms with Gasteiger partial charge in [-0.1, -0.05) is 0 Å². The van der Waals surface area contributed by atoms with Crippen molar-refractivity contribution in [3.05, 3.63) is 39.9 Å². The van der Waals surface area contributed by atoms with Crippen molar-refractivity contribution >= 4 is 17.2 Å². The van der Waals surface area contributed by atoms with Gasteiger partial charge in [0.1, 0.15) is 5.82 Å². The fourth-order valence-corrected chi connectivity index (χ4v) is 3.83. The highest BCUT2D eigenvalue weighted by Crippen LogP contribution is 2.37. The number of thiazole rings is 1. The Balaban J connectivity index is 1.35. The largest absolute Gasteiger partial charge is 0.337 e. The van der Waals surface area contributed by atoms with Crippen molar-refractivity contribution in [2.45, 2.75) is 38.6 Å². The lowest BCUT2D eigenvalue weighted by atomic mass is 10.2. The first-order valence-corrected chi connectivity index (χ1v) is 9.81. The summed E-state index contributed by atoms with van der Waals surface area (Å²) in [6, 6.07) is 0. The molecule has 7 heteroatoms. The minimum Gasteiger partial charge on any atom is -0.337 e. The Hall–Kier alpha value is -1.86. The average Bonchev–Trinajstić information content (AvgIpc) is 3.42. The number of aromatic nitrogens is 3. The predicted octanol–water partition coefficient (Wildman–Crippen LogP) is 2.47. The van der Waals surface area contributed by atoms with Crippen LogP contribution >= 0.6 is 11.3 Å². The van der Waals surface area contributed by atoms with E-state index < -0.39 is 0 Å². The third-order valence-corrected chi connectivity index (χ3v) is 5.61. The van der Waals surface area contributed by atoms with Crippen molar-refractivity contribution in [2.75, 3.05) is 26.2 Å². The SMILES string of the molecule is Cc1nc(CN2CCCN(C(=O)c3cnc(C4CC4)nc3)CC2)cs1. The van der Waals surface area contributed by atoms with Gasteiger partial charge in [-0.2, -0.15) is 0 Å². The summed E-state index contributed by atoms with van der Waals surface area (Å²) in [5.74, 6) is 1.45. The van der Waals surface area contributed by atoms with Crippen molar-refractivity contribution < 1.29 is 4.79 Å². The van der Waals surface area contributed by atoms with Crippen molar-refractivity contribution in [3.8, 4) is 0 Å². The molecule has 0 aromatic carbocycles. The average molecular weight is 357 g/mol. The predicted molar refractivity (Wildman–Crippen MR) is 96.7 cm³/mol. The van der Waals surface area contributed by atoms with E-state index >= 15 is 0 Å². The standard InChI is InChI=1S/C18H23N5OS/c1-13-21-16(12-25-13)11-22-5-2-6-23(8-7-22)18(24)15-9-19-17(20-10-15)14-3-4-14/h9-10,12,14H,2-8,11H2,1H3. The fraction of sp³-hybridized carbons (Fsp3) is 0.556. The van der Waals surface area contributed by atoms with Crippen LogP contribution in [-0.4, -0.2) is 56.8 Å². The summed E-state index contributed by atoms with van der Waals surface area (Å²) >= 11 is 1.69. The van der Waals surface area contributed by atoms with Crippen LogP contribution in [0.25, 0.3) is 0 Å². The molecule has 0 radical (unpaired) electrons. The van der Waals surface area contributed by atoms with E-state index in [0.717, 1.165) is 55.7 Å². The Labute approximate surface area is 151 Å². The van der Waals surface area contributed by atoms with Crippen LogP contribution in [0.3, 0.4) is 0 Å². The van der Waals surface area contributed by atoms with Gasteiger partial charge in [0.25, 0.3) is 5.91 Å². The molecule has 2 aromatic heterocycles. The van der Waals surface area contributed by atoms with Gasteiger partial charge in [0.05, 0.1) is 16.3 Å². The van der Waals surface area contributed by atoms with E-state index in [2.05, 4.69) is 25.2 Å². The highest BCUT2D eigenvalue weighted by atomic mass is 32.1. The Kier molecular flexibility index (Phi) is 4.76. The zero-order valence-corrected chi connectivity index (χ0v) is 15.3. The molecule has 1 amide bonds. The number of carbonyl (C=O) groups is 1. The minimum atomic E-state index is 0.0497. The molecule has 25 heavy (non-hydrogen) atoms. The number of rotatable bonds is 4. The molecule has 2 fully saturated rings. The molecule has 0 unspecified atom stereocenters. The van der Waals surface area contributed by atoms with E-state index in [9.17, 15) is 4.79 Å². The maximum absolute atomic E-state index is 12.7. The van der Waals surface area contributed by atoms with Crippen LogP contribution in [-0.2, 0) is 6.54 Å². The molecule has 6 nitrogen and oxygen atoms in total. The monoisotopic (exact) mass is 357 g/mol. The first kappa shape index (κ1) is 16.6. The quantitative estimate of drug-likeness (QED) is 0.841. The minimum absolute atomic E-state index is 0.0497. The summed E-state index contributed by atoms with van der Waals surface area (Å²) < 4.78 is 0. The molecule has 2 aliphatic rings. The molecule has 1 aliphatic carbocycles. The normalized spacial score (nSPS) is 19.0. The molecular weight excluding hydrogens is 334 g/mol. The van der Waals surface area contributed by atoms with Gasteiger partial charge in [0.2, 0.25) is 0 Å². The molecular formula is C18H23N5OS. The van der Waals surface area contributed by atoms with E-state index in [1.165, 1.54) is 12.8 Å². The first-order chi connectivity index (χ1) is 12.2. The third kappa shape index (κ3) is 4.04. The van der Waals surface area contributed by atoms with Crippen LogP contribution in [0.2, 0.25) is 0 Å². The molecule has 0 N–H and O–H groups in total.